The smallest absolute Gasteiger partial charge is 0.343 e. The average molecular weight is 250 g/mol. The largest absolute Gasteiger partial charge is 0.462 e. The highest BCUT2D eigenvalue weighted by atomic mass is 32.1. The average Bonchev–Trinajstić information content (AvgIpc) is 2.73. The Morgan fingerprint density at radius 3 is 2.76 bits per heavy atom. The molecular formula is C10H10N4O2S. The topological polar surface area (TPSA) is 83.7 Å². The monoisotopic (exact) mass is 250 g/mol. The molecule has 0 saturated heterocycles. The molecule has 7 heteroatoms. The van der Waals surface area contributed by atoms with Gasteiger partial charge in [-0.1, -0.05) is 12.2 Å². The van der Waals surface area contributed by atoms with E-state index in [1.165, 1.54) is 0 Å². The van der Waals surface area contributed by atoms with E-state index in [-0.39, 0.29) is 16.8 Å². The molecule has 6 nitrogen and oxygen atoms in total. The van der Waals surface area contributed by atoms with Crippen LogP contribution in [0.3, 0.4) is 0 Å². The van der Waals surface area contributed by atoms with E-state index < -0.39 is 5.97 Å². The number of aromatic amines is 2. The summed E-state index contributed by atoms with van der Waals surface area (Å²) in [5, 5.41) is 5.46. The first-order valence-electron chi connectivity index (χ1n) is 4.99. The molecule has 88 valence electrons. The summed E-state index contributed by atoms with van der Waals surface area (Å²) >= 11 is 5.02. The van der Waals surface area contributed by atoms with Crippen LogP contribution in [0, 0.1) is 4.64 Å². The van der Waals surface area contributed by atoms with Gasteiger partial charge < -0.3 is 4.74 Å². The van der Waals surface area contributed by atoms with Gasteiger partial charge in [-0.25, -0.2) is 14.8 Å². The molecule has 0 aliphatic heterocycles. The molecule has 0 aliphatic carbocycles. The number of nitrogens with one attached hydrogen (secondary N) is 2. The van der Waals surface area contributed by atoms with Crippen molar-refractivity contribution in [3.8, 4) is 11.5 Å². The van der Waals surface area contributed by atoms with Crippen molar-refractivity contribution in [1.82, 2.24) is 20.2 Å². The van der Waals surface area contributed by atoms with Gasteiger partial charge in [-0.2, -0.15) is 0 Å². The third-order valence-electron chi connectivity index (χ3n) is 2.05. The molecule has 0 aliphatic rings. The standard InChI is InChI=1S/C10H10N4O2S/c1-2-16-10(15)6-7(13-14-9(6)17)8-11-4-3-5-12-8/h3-5H,2H2,1H3,(H2,13,14,17). The van der Waals surface area contributed by atoms with Gasteiger partial charge >= 0.3 is 5.97 Å². The van der Waals surface area contributed by atoms with Crippen molar-refractivity contribution in [2.45, 2.75) is 6.92 Å². The number of carbonyl (C=O) groups excluding carboxylic acids is 1. The van der Waals surface area contributed by atoms with Gasteiger partial charge in [0.1, 0.15) is 15.9 Å². The van der Waals surface area contributed by atoms with Crippen LogP contribution in [0.5, 0.6) is 0 Å². The van der Waals surface area contributed by atoms with Crippen LogP contribution in [-0.4, -0.2) is 32.7 Å². The fraction of sp³-hybridized carbons (Fsp3) is 0.200. The van der Waals surface area contributed by atoms with Gasteiger partial charge in [0.2, 0.25) is 0 Å². The first-order valence-corrected chi connectivity index (χ1v) is 5.40. The maximum Gasteiger partial charge on any atom is 0.343 e. The molecular weight excluding hydrogens is 240 g/mol. The minimum atomic E-state index is -0.488. The lowest BCUT2D eigenvalue weighted by molar-refractivity contribution is 0.0526. The lowest BCUT2D eigenvalue weighted by Crippen LogP contribution is -2.06. The number of rotatable bonds is 3. The summed E-state index contributed by atoms with van der Waals surface area (Å²) in [5.74, 6) is -0.0969. The van der Waals surface area contributed by atoms with Gasteiger partial charge in [0, 0.05) is 12.4 Å². The molecule has 0 atom stereocenters. The van der Waals surface area contributed by atoms with Gasteiger partial charge in [0.15, 0.2) is 5.82 Å². The molecule has 0 aromatic carbocycles. The van der Waals surface area contributed by atoms with Gasteiger partial charge in [-0.15, -0.1) is 0 Å². The van der Waals surface area contributed by atoms with Gasteiger partial charge in [-0.3, -0.25) is 10.2 Å². The second kappa shape index (κ2) is 4.88. The van der Waals surface area contributed by atoms with E-state index >= 15 is 0 Å². The summed E-state index contributed by atoms with van der Waals surface area (Å²) in [6.45, 7) is 2.02. The summed E-state index contributed by atoms with van der Waals surface area (Å²) in [7, 11) is 0. The van der Waals surface area contributed by atoms with Crippen molar-refractivity contribution >= 4 is 18.2 Å². The van der Waals surface area contributed by atoms with Crippen LogP contribution in [0.15, 0.2) is 18.5 Å². The molecule has 0 radical (unpaired) electrons. The van der Waals surface area contributed by atoms with E-state index in [2.05, 4.69) is 20.2 Å². The fourth-order valence-corrected chi connectivity index (χ4v) is 1.59. The fourth-order valence-electron chi connectivity index (χ4n) is 1.35. The Kier molecular flexibility index (Phi) is 3.29. The van der Waals surface area contributed by atoms with Crippen molar-refractivity contribution in [3.05, 3.63) is 28.7 Å². The van der Waals surface area contributed by atoms with Crippen LogP contribution >= 0.6 is 12.2 Å². The number of nitrogens with zero attached hydrogens (tertiary/aromatic N) is 2. The summed E-state index contributed by atoms with van der Waals surface area (Å²) in [6.07, 6.45) is 3.17. The normalized spacial score (nSPS) is 10.2. The first kappa shape index (κ1) is 11.5. The number of hydrogen-bond acceptors (Lipinski definition) is 5. The molecule has 2 rings (SSSR count). The van der Waals surface area contributed by atoms with Gasteiger partial charge in [0.05, 0.1) is 6.61 Å². The molecule has 0 amide bonds. The second-order valence-corrected chi connectivity index (χ2v) is 3.53. The Balaban J connectivity index is 2.50. The maximum absolute atomic E-state index is 11.7. The predicted molar refractivity (Wildman–Crippen MR) is 63.0 cm³/mol. The van der Waals surface area contributed by atoms with Crippen LogP contribution in [0.4, 0.5) is 0 Å². The minimum absolute atomic E-state index is 0.257. The Morgan fingerprint density at radius 2 is 2.12 bits per heavy atom. The van der Waals surface area contributed by atoms with Crippen LogP contribution in [-0.2, 0) is 4.74 Å². The van der Waals surface area contributed by atoms with Crippen LogP contribution < -0.4 is 0 Å². The third kappa shape index (κ3) is 2.23. The Hall–Kier alpha value is -2.02. The number of hydrogen-bond donors (Lipinski definition) is 2. The van der Waals surface area contributed by atoms with Crippen molar-refractivity contribution in [2.24, 2.45) is 0 Å². The summed E-state index contributed by atoms with van der Waals surface area (Å²) < 4.78 is 5.21. The molecule has 0 spiro atoms. The molecule has 0 unspecified atom stereocenters. The van der Waals surface area contributed by atoms with E-state index in [0.717, 1.165) is 0 Å². The van der Waals surface area contributed by atoms with Crippen molar-refractivity contribution < 1.29 is 9.53 Å². The second-order valence-electron chi connectivity index (χ2n) is 3.12. The predicted octanol–water partition coefficient (Wildman–Crippen LogP) is 1.71. The molecule has 17 heavy (non-hydrogen) atoms. The summed E-state index contributed by atoms with van der Waals surface area (Å²) in [5.41, 5.74) is 0.696. The van der Waals surface area contributed by atoms with E-state index in [1.54, 1.807) is 25.4 Å². The molecule has 0 saturated carbocycles. The summed E-state index contributed by atoms with van der Waals surface area (Å²) in [6, 6.07) is 1.69. The van der Waals surface area contributed by atoms with E-state index in [0.29, 0.717) is 11.5 Å². The zero-order valence-corrected chi connectivity index (χ0v) is 9.87. The Labute approximate surface area is 102 Å². The van der Waals surface area contributed by atoms with Crippen LogP contribution in [0.25, 0.3) is 11.5 Å². The number of H-pyrrole nitrogens is 2. The zero-order chi connectivity index (χ0) is 12.3. The van der Waals surface area contributed by atoms with Crippen LogP contribution in [0.1, 0.15) is 17.3 Å². The lowest BCUT2D eigenvalue weighted by Gasteiger charge is -2.01. The number of carbonyl (C=O) groups is 1. The highest BCUT2D eigenvalue weighted by Crippen LogP contribution is 2.18. The Bertz CT molecular complexity index is 575. The molecule has 2 N–H and O–H groups in total. The molecule has 0 bridgehead atoms. The number of aromatic nitrogens is 4. The highest BCUT2D eigenvalue weighted by molar-refractivity contribution is 7.71. The number of esters is 1. The SMILES string of the molecule is CCOC(=O)c1c(-c2ncccn2)[nH][nH]c1=S. The third-order valence-corrected chi connectivity index (χ3v) is 2.35. The molecule has 2 aromatic rings. The highest BCUT2D eigenvalue weighted by Gasteiger charge is 2.19. The molecule has 2 aromatic heterocycles. The van der Waals surface area contributed by atoms with E-state index in [4.69, 9.17) is 17.0 Å². The van der Waals surface area contributed by atoms with Crippen molar-refractivity contribution in [1.29, 1.82) is 0 Å². The number of ether oxygens (including phenoxy) is 1. The molecule has 2 heterocycles. The van der Waals surface area contributed by atoms with Crippen LogP contribution in [0.2, 0.25) is 0 Å². The minimum Gasteiger partial charge on any atom is -0.462 e. The quantitative estimate of drug-likeness (QED) is 0.640. The first-order chi connectivity index (χ1) is 8.24. The van der Waals surface area contributed by atoms with E-state index in [1.807, 2.05) is 0 Å². The lowest BCUT2D eigenvalue weighted by atomic mass is 10.2. The van der Waals surface area contributed by atoms with E-state index in [9.17, 15) is 4.79 Å². The summed E-state index contributed by atoms with van der Waals surface area (Å²) in [4.78, 5) is 19.8. The van der Waals surface area contributed by atoms with Gasteiger partial charge in [0.25, 0.3) is 0 Å². The Morgan fingerprint density at radius 1 is 1.41 bits per heavy atom. The maximum atomic E-state index is 11.7. The van der Waals surface area contributed by atoms with Crippen molar-refractivity contribution in [2.75, 3.05) is 6.61 Å². The van der Waals surface area contributed by atoms with Gasteiger partial charge in [-0.05, 0) is 13.0 Å². The molecule has 0 fully saturated rings. The zero-order valence-electron chi connectivity index (χ0n) is 9.06. The van der Waals surface area contributed by atoms with Crippen molar-refractivity contribution in [3.63, 3.8) is 0 Å².